The fraction of sp³-hybridized carbons (Fsp3) is 0.643. The van der Waals surface area contributed by atoms with Crippen molar-refractivity contribution < 1.29 is 14.3 Å². The lowest BCUT2D eigenvalue weighted by molar-refractivity contribution is 0.0695. The van der Waals surface area contributed by atoms with Gasteiger partial charge in [-0.05, 0) is 46.0 Å². The van der Waals surface area contributed by atoms with Gasteiger partial charge >= 0.3 is 5.97 Å². The first-order valence-electron chi connectivity index (χ1n) is 6.65. The SMILES string of the molecule is Cc1oc(CN(C)CC2CCN(C)C2)cc1C(=O)O. The Kier molecular flexibility index (Phi) is 4.27. The lowest BCUT2D eigenvalue weighted by atomic mass is 10.1. The predicted octanol–water partition coefficient (Wildman–Crippen LogP) is 1.67. The maximum atomic E-state index is 11.0. The number of rotatable bonds is 5. The second-order valence-electron chi connectivity index (χ2n) is 5.60. The topological polar surface area (TPSA) is 56.9 Å². The first-order valence-corrected chi connectivity index (χ1v) is 6.65. The maximum Gasteiger partial charge on any atom is 0.339 e. The van der Waals surface area contributed by atoms with Crippen molar-refractivity contribution in [2.45, 2.75) is 19.9 Å². The molecule has 1 aliphatic rings. The van der Waals surface area contributed by atoms with Crippen LogP contribution in [0, 0.1) is 12.8 Å². The number of carboxylic acid groups (broad SMARTS) is 1. The van der Waals surface area contributed by atoms with E-state index in [2.05, 4.69) is 23.9 Å². The first-order chi connectivity index (χ1) is 8.95. The van der Waals surface area contributed by atoms with Gasteiger partial charge in [-0.2, -0.15) is 0 Å². The summed E-state index contributed by atoms with van der Waals surface area (Å²) < 4.78 is 5.50. The molecule has 1 aliphatic heterocycles. The molecule has 1 aromatic heterocycles. The molecule has 0 aliphatic carbocycles. The zero-order valence-electron chi connectivity index (χ0n) is 11.8. The molecule has 0 bridgehead atoms. The van der Waals surface area contributed by atoms with Crippen LogP contribution < -0.4 is 0 Å². The van der Waals surface area contributed by atoms with Gasteiger partial charge in [-0.15, -0.1) is 0 Å². The summed E-state index contributed by atoms with van der Waals surface area (Å²) in [5.74, 6) is 0.984. The van der Waals surface area contributed by atoms with Gasteiger partial charge in [0, 0.05) is 13.1 Å². The van der Waals surface area contributed by atoms with Crippen LogP contribution in [0.1, 0.15) is 28.3 Å². The van der Waals surface area contributed by atoms with Gasteiger partial charge < -0.3 is 14.4 Å². The van der Waals surface area contributed by atoms with Gasteiger partial charge in [0.25, 0.3) is 0 Å². The third kappa shape index (κ3) is 3.58. The molecular weight excluding hydrogens is 244 g/mol. The second-order valence-corrected chi connectivity index (χ2v) is 5.60. The van der Waals surface area contributed by atoms with Crippen molar-refractivity contribution in [3.63, 3.8) is 0 Å². The molecule has 5 heteroatoms. The van der Waals surface area contributed by atoms with Crippen LogP contribution >= 0.6 is 0 Å². The molecule has 0 spiro atoms. The Morgan fingerprint density at radius 3 is 2.89 bits per heavy atom. The highest BCUT2D eigenvalue weighted by Gasteiger charge is 2.21. The Hall–Kier alpha value is -1.33. The number of carboxylic acids is 1. The summed E-state index contributed by atoms with van der Waals surface area (Å²) in [5, 5.41) is 8.99. The smallest absolute Gasteiger partial charge is 0.339 e. The Labute approximate surface area is 113 Å². The van der Waals surface area contributed by atoms with Crippen LogP contribution in [0.5, 0.6) is 0 Å². The van der Waals surface area contributed by atoms with Crippen LogP contribution in [0.4, 0.5) is 0 Å². The fourth-order valence-electron chi connectivity index (χ4n) is 2.78. The van der Waals surface area contributed by atoms with Crippen LogP contribution in [0.3, 0.4) is 0 Å². The van der Waals surface area contributed by atoms with E-state index < -0.39 is 5.97 Å². The van der Waals surface area contributed by atoms with Gasteiger partial charge in [0.05, 0.1) is 6.54 Å². The molecule has 106 valence electrons. The van der Waals surface area contributed by atoms with Crippen LogP contribution in [0.2, 0.25) is 0 Å². The number of hydrogen-bond acceptors (Lipinski definition) is 4. The number of nitrogens with zero attached hydrogens (tertiary/aromatic N) is 2. The maximum absolute atomic E-state index is 11.0. The van der Waals surface area contributed by atoms with Gasteiger partial charge in [0.15, 0.2) is 0 Å². The third-order valence-electron chi connectivity index (χ3n) is 3.68. The van der Waals surface area contributed by atoms with E-state index in [-0.39, 0.29) is 5.56 Å². The molecule has 1 unspecified atom stereocenters. The zero-order valence-corrected chi connectivity index (χ0v) is 11.8. The standard InChI is InChI=1S/C14H22N2O3/c1-10-13(14(17)18)6-12(19-10)9-16(3)8-11-4-5-15(2)7-11/h6,11H,4-5,7-9H2,1-3H3,(H,17,18). The van der Waals surface area contributed by atoms with E-state index in [9.17, 15) is 4.79 Å². The summed E-state index contributed by atoms with van der Waals surface area (Å²) >= 11 is 0. The van der Waals surface area contributed by atoms with Crippen molar-refractivity contribution in [3.05, 3.63) is 23.2 Å². The lowest BCUT2D eigenvalue weighted by Gasteiger charge is -2.19. The van der Waals surface area contributed by atoms with E-state index in [0.29, 0.717) is 18.2 Å². The first kappa shape index (κ1) is 14.1. The molecule has 5 nitrogen and oxygen atoms in total. The third-order valence-corrected chi connectivity index (χ3v) is 3.68. The molecule has 1 saturated heterocycles. The fourth-order valence-corrected chi connectivity index (χ4v) is 2.78. The Morgan fingerprint density at radius 2 is 2.37 bits per heavy atom. The highest BCUT2D eigenvalue weighted by Crippen LogP contribution is 2.19. The largest absolute Gasteiger partial charge is 0.478 e. The van der Waals surface area contributed by atoms with Crippen molar-refractivity contribution in [1.82, 2.24) is 9.80 Å². The second kappa shape index (κ2) is 5.75. The number of carbonyl (C=O) groups is 1. The summed E-state index contributed by atoms with van der Waals surface area (Å²) in [6.07, 6.45) is 1.23. The van der Waals surface area contributed by atoms with Crippen molar-refractivity contribution >= 4 is 5.97 Å². The van der Waals surface area contributed by atoms with E-state index in [4.69, 9.17) is 9.52 Å². The zero-order chi connectivity index (χ0) is 14.0. The van der Waals surface area contributed by atoms with Crippen LogP contribution in [-0.4, -0.2) is 54.6 Å². The number of aryl methyl sites for hydroxylation is 1. The number of likely N-dealkylation sites (tertiary alicyclic amines) is 1. The van der Waals surface area contributed by atoms with E-state index in [1.54, 1.807) is 13.0 Å². The monoisotopic (exact) mass is 266 g/mol. The van der Waals surface area contributed by atoms with Crippen molar-refractivity contribution in [2.75, 3.05) is 33.7 Å². The van der Waals surface area contributed by atoms with Gasteiger partial charge in [-0.3, -0.25) is 4.90 Å². The molecule has 1 aromatic rings. The van der Waals surface area contributed by atoms with Gasteiger partial charge in [0.2, 0.25) is 0 Å². The summed E-state index contributed by atoms with van der Waals surface area (Å²) in [4.78, 5) is 15.5. The summed E-state index contributed by atoms with van der Waals surface area (Å²) in [6.45, 7) is 5.68. The molecule has 2 rings (SSSR count). The molecule has 0 aromatic carbocycles. The minimum Gasteiger partial charge on any atom is -0.478 e. The number of hydrogen-bond donors (Lipinski definition) is 1. The minimum absolute atomic E-state index is 0.268. The predicted molar refractivity (Wildman–Crippen MR) is 72.3 cm³/mol. The quantitative estimate of drug-likeness (QED) is 0.878. The number of furan rings is 1. The Morgan fingerprint density at radius 1 is 1.63 bits per heavy atom. The van der Waals surface area contributed by atoms with E-state index in [1.165, 1.54) is 13.0 Å². The Bertz CT molecular complexity index is 456. The molecule has 1 N–H and O–H groups in total. The Balaban J connectivity index is 1.90. The van der Waals surface area contributed by atoms with Gasteiger partial charge in [-0.1, -0.05) is 0 Å². The lowest BCUT2D eigenvalue weighted by Crippen LogP contribution is -2.26. The minimum atomic E-state index is -0.924. The summed E-state index contributed by atoms with van der Waals surface area (Å²) in [7, 11) is 4.20. The van der Waals surface area contributed by atoms with Gasteiger partial charge in [-0.25, -0.2) is 4.79 Å². The average Bonchev–Trinajstić information content (AvgIpc) is 2.85. The van der Waals surface area contributed by atoms with E-state index >= 15 is 0 Å². The van der Waals surface area contributed by atoms with Gasteiger partial charge in [0.1, 0.15) is 17.1 Å². The molecule has 0 amide bonds. The summed E-state index contributed by atoms with van der Waals surface area (Å²) in [5.41, 5.74) is 0.268. The van der Waals surface area contributed by atoms with Crippen LogP contribution in [-0.2, 0) is 6.54 Å². The molecule has 19 heavy (non-hydrogen) atoms. The summed E-state index contributed by atoms with van der Waals surface area (Å²) in [6, 6.07) is 1.63. The van der Waals surface area contributed by atoms with Crippen LogP contribution in [0.15, 0.2) is 10.5 Å². The number of aromatic carboxylic acids is 1. The van der Waals surface area contributed by atoms with E-state index in [1.807, 2.05) is 0 Å². The van der Waals surface area contributed by atoms with Crippen molar-refractivity contribution in [3.8, 4) is 0 Å². The molecule has 0 radical (unpaired) electrons. The molecule has 2 heterocycles. The molecule has 1 fully saturated rings. The normalized spacial score (nSPS) is 20.3. The molecule has 1 atom stereocenters. The van der Waals surface area contributed by atoms with E-state index in [0.717, 1.165) is 18.8 Å². The highest BCUT2D eigenvalue weighted by atomic mass is 16.4. The molecular formula is C14H22N2O3. The average molecular weight is 266 g/mol. The van der Waals surface area contributed by atoms with Crippen molar-refractivity contribution in [2.24, 2.45) is 5.92 Å². The highest BCUT2D eigenvalue weighted by molar-refractivity contribution is 5.88. The van der Waals surface area contributed by atoms with Crippen LogP contribution in [0.25, 0.3) is 0 Å². The van der Waals surface area contributed by atoms with Crippen molar-refractivity contribution in [1.29, 1.82) is 0 Å². The molecule has 0 saturated carbocycles.